The van der Waals surface area contributed by atoms with Crippen LogP contribution in [0, 0.1) is 6.92 Å². The van der Waals surface area contributed by atoms with Crippen molar-refractivity contribution in [2.75, 3.05) is 12.3 Å². The zero-order valence-electron chi connectivity index (χ0n) is 11.9. The lowest BCUT2D eigenvalue weighted by Crippen LogP contribution is -2.44. The first-order valence-electron chi connectivity index (χ1n) is 7.20. The molecule has 3 heteroatoms. The van der Waals surface area contributed by atoms with Gasteiger partial charge in [-0.05, 0) is 44.2 Å². The Morgan fingerprint density at radius 3 is 2.89 bits per heavy atom. The first-order chi connectivity index (χ1) is 9.22. The largest absolute Gasteiger partial charge is 0.339 e. The van der Waals surface area contributed by atoms with Crippen LogP contribution in [0.3, 0.4) is 0 Å². The Bertz CT molecular complexity index is 433. The minimum atomic E-state index is 0.305. The summed E-state index contributed by atoms with van der Waals surface area (Å²) in [4.78, 5) is 15.7. The molecule has 2 rings (SSSR count). The van der Waals surface area contributed by atoms with E-state index >= 15 is 0 Å². The molecule has 1 aromatic rings. The molecule has 1 atom stereocenters. The molecule has 1 fully saturated rings. The molecule has 0 bridgehead atoms. The fourth-order valence-corrected chi connectivity index (χ4v) is 3.61. The van der Waals surface area contributed by atoms with E-state index in [2.05, 4.69) is 30.9 Å². The van der Waals surface area contributed by atoms with E-state index in [0.717, 1.165) is 19.4 Å². The van der Waals surface area contributed by atoms with E-state index in [1.54, 1.807) is 11.8 Å². The van der Waals surface area contributed by atoms with E-state index in [9.17, 15) is 4.79 Å². The van der Waals surface area contributed by atoms with Crippen LogP contribution in [0.4, 0.5) is 0 Å². The van der Waals surface area contributed by atoms with Crippen molar-refractivity contribution in [3.8, 4) is 0 Å². The molecule has 0 saturated carbocycles. The van der Waals surface area contributed by atoms with Gasteiger partial charge in [-0.25, -0.2) is 0 Å². The van der Waals surface area contributed by atoms with E-state index in [-0.39, 0.29) is 0 Å². The van der Waals surface area contributed by atoms with E-state index in [1.165, 1.54) is 23.3 Å². The molecule has 1 aliphatic rings. The molecule has 1 unspecified atom stereocenters. The van der Waals surface area contributed by atoms with Crippen molar-refractivity contribution in [3.63, 3.8) is 0 Å². The number of piperidine rings is 1. The van der Waals surface area contributed by atoms with Gasteiger partial charge in [-0.3, -0.25) is 4.79 Å². The second kappa shape index (κ2) is 6.99. The summed E-state index contributed by atoms with van der Waals surface area (Å²) in [7, 11) is 0. The predicted molar refractivity (Wildman–Crippen MR) is 81.5 cm³/mol. The molecule has 19 heavy (non-hydrogen) atoms. The van der Waals surface area contributed by atoms with Gasteiger partial charge < -0.3 is 4.90 Å². The van der Waals surface area contributed by atoms with Crippen LogP contribution < -0.4 is 0 Å². The SMILES string of the molecule is CCC1CCCCN1C(=O)CSc1ccccc1C. The number of amides is 1. The van der Waals surface area contributed by atoms with Crippen LogP contribution in [0.1, 0.15) is 38.2 Å². The molecular weight excluding hydrogens is 254 g/mol. The average molecular weight is 277 g/mol. The lowest BCUT2D eigenvalue weighted by Gasteiger charge is -2.35. The first kappa shape index (κ1) is 14.4. The highest BCUT2D eigenvalue weighted by molar-refractivity contribution is 8.00. The molecule has 104 valence electrons. The predicted octanol–water partition coefficient (Wildman–Crippen LogP) is 3.88. The third-order valence-corrected chi connectivity index (χ3v) is 5.02. The highest BCUT2D eigenvalue weighted by atomic mass is 32.2. The number of likely N-dealkylation sites (tertiary alicyclic amines) is 1. The van der Waals surface area contributed by atoms with Crippen LogP contribution in [0.25, 0.3) is 0 Å². The van der Waals surface area contributed by atoms with Crippen molar-refractivity contribution in [2.45, 2.75) is 50.5 Å². The van der Waals surface area contributed by atoms with Gasteiger partial charge in [0.25, 0.3) is 0 Å². The fourth-order valence-electron chi connectivity index (χ4n) is 2.69. The molecule has 1 heterocycles. The van der Waals surface area contributed by atoms with Gasteiger partial charge in [0.15, 0.2) is 0 Å². The van der Waals surface area contributed by atoms with Crippen LogP contribution in [0.5, 0.6) is 0 Å². The lowest BCUT2D eigenvalue weighted by molar-refractivity contribution is -0.132. The molecule has 0 N–H and O–H groups in total. The Kier molecular flexibility index (Phi) is 5.32. The second-order valence-electron chi connectivity index (χ2n) is 5.20. The van der Waals surface area contributed by atoms with Gasteiger partial charge >= 0.3 is 0 Å². The van der Waals surface area contributed by atoms with Crippen LogP contribution in [0.2, 0.25) is 0 Å². The Morgan fingerprint density at radius 1 is 1.37 bits per heavy atom. The van der Waals surface area contributed by atoms with Crippen LogP contribution in [-0.4, -0.2) is 29.1 Å². The number of carbonyl (C=O) groups is 1. The number of benzene rings is 1. The number of hydrogen-bond acceptors (Lipinski definition) is 2. The standard InChI is InChI=1S/C16H23NOS/c1-3-14-9-6-7-11-17(14)16(18)12-19-15-10-5-4-8-13(15)2/h4-5,8,10,14H,3,6-7,9,11-12H2,1-2H3. The molecule has 0 aliphatic carbocycles. The van der Waals surface area contributed by atoms with Crippen molar-refractivity contribution < 1.29 is 4.79 Å². The summed E-state index contributed by atoms with van der Waals surface area (Å²) in [5.74, 6) is 0.876. The molecular formula is C16H23NOS. The van der Waals surface area contributed by atoms with Gasteiger partial charge in [0, 0.05) is 17.5 Å². The van der Waals surface area contributed by atoms with E-state index in [4.69, 9.17) is 0 Å². The Morgan fingerprint density at radius 2 is 2.16 bits per heavy atom. The van der Waals surface area contributed by atoms with Crippen LogP contribution >= 0.6 is 11.8 Å². The van der Waals surface area contributed by atoms with Crippen molar-refractivity contribution in [1.82, 2.24) is 4.90 Å². The summed E-state index contributed by atoms with van der Waals surface area (Å²) in [6.45, 7) is 5.24. The van der Waals surface area contributed by atoms with Crippen molar-refractivity contribution in [1.29, 1.82) is 0 Å². The van der Waals surface area contributed by atoms with Crippen molar-refractivity contribution in [2.24, 2.45) is 0 Å². The summed E-state index contributed by atoms with van der Waals surface area (Å²) in [6.07, 6.45) is 4.70. The van der Waals surface area contributed by atoms with Gasteiger partial charge in [-0.15, -0.1) is 11.8 Å². The highest BCUT2D eigenvalue weighted by Gasteiger charge is 2.24. The minimum absolute atomic E-state index is 0.305. The second-order valence-corrected chi connectivity index (χ2v) is 6.22. The van der Waals surface area contributed by atoms with Gasteiger partial charge in [0.05, 0.1) is 5.75 Å². The molecule has 1 aromatic carbocycles. The molecule has 0 radical (unpaired) electrons. The number of hydrogen-bond donors (Lipinski definition) is 0. The monoisotopic (exact) mass is 277 g/mol. The van der Waals surface area contributed by atoms with Crippen molar-refractivity contribution in [3.05, 3.63) is 29.8 Å². The van der Waals surface area contributed by atoms with E-state index < -0.39 is 0 Å². The number of carbonyl (C=O) groups excluding carboxylic acids is 1. The molecule has 0 aromatic heterocycles. The van der Waals surface area contributed by atoms with Gasteiger partial charge in [-0.1, -0.05) is 25.1 Å². The summed E-state index contributed by atoms with van der Waals surface area (Å²) < 4.78 is 0. The Labute approximate surface area is 120 Å². The zero-order chi connectivity index (χ0) is 13.7. The normalized spacial score (nSPS) is 19.5. The average Bonchev–Trinajstić information content (AvgIpc) is 2.46. The zero-order valence-corrected chi connectivity index (χ0v) is 12.7. The number of thioether (sulfide) groups is 1. The maximum atomic E-state index is 12.4. The highest BCUT2D eigenvalue weighted by Crippen LogP contribution is 2.25. The smallest absolute Gasteiger partial charge is 0.233 e. The number of rotatable bonds is 4. The quantitative estimate of drug-likeness (QED) is 0.778. The summed E-state index contributed by atoms with van der Waals surface area (Å²) >= 11 is 1.67. The summed E-state index contributed by atoms with van der Waals surface area (Å²) in [6, 6.07) is 8.75. The molecule has 1 amide bonds. The number of aryl methyl sites for hydroxylation is 1. The van der Waals surface area contributed by atoms with Crippen LogP contribution in [0.15, 0.2) is 29.2 Å². The third kappa shape index (κ3) is 3.75. The maximum absolute atomic E-state index is 12.4. The maximum Gasteiger partial charge on any atom is 0.233 e. The molecule has 1 aliphatic heterocycles. The van der Waals surface area contributed by atoms with Crippen molar-refractivity contribution >= 4 is 17.7 Å². The van der Waals surface area contributed by atoms with Crippen LogP contribution in [-0.2, 0) is 4.79 Å². The minimum Gasteiger partial charge on any atom is -0.339 e. The van der Waals surface area contributed by atoms with Gasteiger partial charge in [0.2, 0.25) is 5.91 Å². The van der Waals surface area contributed by atoms with Gasteiger partial charge in [0.1, 0.15) is 0 Å². The topological polar surface area (TPSA) is 20.3 Å². The lowest BCUT2D eigenvalue weighted by atomic mass is 10.0. The first-order valence-corrected chi connectivity index (χ1v) is 8.19. The molecule has 1 saturated heterocycles. The molecule has 2 nitrogen and oxygen atoms in total. The third-order valence-electron chi connectivity index (χ3n) is 3.86. The molecule has 0 spiro atoms. The summed E-state index contributed by atoms with van der Waals surface area (Å²) in [5, 5.41) is 0. The summed E-state index contributed by atoms with van der Waals surface area (Å²) in [5.41, 5.74) is 1.26. The van der Waals surface area contributed by atoms with E-state index in [1.807, 2.05) is 12.1 Å². The van der Waals surface area contributed by atoms with E-state index in [0.29, 0.717) is 17.7 Å². The number of nitrogens with zero attached hydrogens (tertiary/aromatic N) is 1. The Hall–Kier alpha value is -0.960. The van der Waals surface area contributed by atoms with Gasteiger partial charge in [-0.2, -0.15) is 0 Å². The Balaban J connectivity index is 1.92. The fraction of sp³-hybridized carbons (Fsp3) is 0.562.